The lowest BCUT2D eigenvalue weighted by molar-refractivity contribution is 0.0600. The number of hydrogen-bond acceptors (Lipinski definition) is 7. The Kier molecular flexibility index (Phi) is 6.40. The molecule has 0 saturated heterocycles. The van der Waals surface area contributed by atoms with Gasteiger partial charge in [-0.15, -0.1) is 0 Å². The van der Waals surface area contributed by atoms with Crippen molar-refractivity contribution in [3.05, 3.63) is 59.5 Å². The zero-order chi connectivity index (χ0) is 20.8. The van der Waals surface area contributed by atoms with E-state index in [9.17, 15) is 4.79 Å². The van der Waals surface area contributed by atoms with E-state index in [0.29, 0.717) is 33.8 Å². The summed E-state index contributed by atoms with van der Waals surface area (Å²) in [5, 5.41) is 10.4. The average molecular weight is 412 g/mol. The third kappa shape index (κ3) is 4.88. The first kappa shape index (κ1) is 20.3. The summed E-state index contributed by atoms with van der Waals surface area (Å²) in [6.07, 6.45) is 0. The van der Waals surface area contributed by atoms with E-state index < -0.39 is 5.97 Å². The van der Waals surface area contributed by atoms with Gasteiger partial charge < -0.3 is 24.6 Å². The number of methoxy groups -OCH3 is 2. The summed E-state index contributed by atoms with van der Waals surface area (Å²) < 4.78 is 15.3. The minimum atomic E-state index is -0.402. The first-order valence-corrected chi connectivity index (χ1v) is 9.12. The maximum Gasteiger partial charge on any atom is 0.338 e. The Bertz CT molecular complexity index is 1030. The van der Waals surface area contributed by atoms with Crippen LogP contribution in [0.4, 0.5) is 5.69 Å². The van der Waals surface area contributed by atoms with Gasteiger partial charge in [0.2, 0.25) is 11.7 Å². The molecule has 150 valence electrons. The van der Waals surface area contributed by atoms with Crippen molar-refractivity contribution in [2.75, 3.05) is 19.5 Å². The lowest BCUT2D eigenvalue weighted by Crippen LogP contribution is -2.28. The number of anilines is 1. The molecule has 0 bridgehead atoms. The Balaban J connectivity index is 1.62. The third-order valence-corrected chi connectivity index (χ3v) is 4.43. The number of rotatable bonds is 6. The van der Waals surface area contributed by atoms with E-state index in [-0.39, 0.29) is 6.54 Å². The molecule has 0 aliphatic heterocycles. The third-order valence-electron chi connectivity index (χ3n) is 4.18. The zero-order valence-corrected chi connectivity index (χ0v) is 17.0. The molecule has 0 aliphatic rings. The molecule has 0 fully saturated rings. The van der Waals surface area contributed by atoms with Crippen LogP contribution in [-0.4, -0.2) is 35.4 Å². The van der Waals surface area contributed by atoms with E-state index in [1.807, 2.05) is 37.3 Å². The van der Waals surface area contributed by atoms with Gasteiger partial charge in [-0.2, -0.15) is 4.98 Å². The SMILES string of the molecule is COC(=O)c1cccc(NC(=S)NCc2nc(-c3cccc(OC)c3)no2)c1C. The summed E-state index contributed by atoms with van der Waals surface area (Å²) in [5.74, 6) is 1.15. The van der Waals surface area contributed by atoms with E-state index in [2.05, 4.69) is 20.8 Å². The number of ether oxygens (including phenoxy) is 2. The zero-order valence-electron chi connectivity index (χ0n) is 16.2. The number of carbonyl (C=O) groups is 1. The lowest BCUT2D eigenvalue weighted by Gasteiger charge is -2.13. The van der Waals surface area contributed by atoms with Crippen molar-refractivity contribution >= 4 is 29.0 Å². The molecule has 1 heterocycles. The minimum absolute atomic E-state index is 0.249. The molecule has 0 atom stereocenters. The van der Waals surface area contributed by atoms with E-state index >= 15 is 0 Å². The fourth-order valence-corrected chi connectivity index (χ4v) is 2.81. The van der Waals surface area contributed by atoms with Crippen LogP contribution in [0.3, 0.4) is 0 Å². The number of nitrogens with one attached hydrogen (secondary N) is 2. The van der Waals surface area contributed by atoms with Gasteiger partial charge in [-0.3, -0.25) is 0 Å². The maximum atomic E-state index is 11.8. The topological polar surface area (TPSA) is 98.5 Å². The van der Waals surface area contributed by atoms with E-state index in [1.54, 1.807) is 19.2 Å². The Labute approximate surface area is 173 Å². The van der Waals surface area contributed by atoms with Crippen molar-refractivity contribution in [1.82, 2.24) is 15.5 Å². The fraction of sp³-hybridized carbons (Fsp3) is 0.200. The molecule has 0 aliphatic carbocycles. The first-order valence-electron chi connectivity index (χ1n) is 8.71. The van der Waals surface area contributed by atoms with Crippen LogP contribution >= 0.6 is 12.2 Å². The molecule has 2 aromatic carbocycles. The number of hydrogen-bond donors (Lipinski definition) is 2. The highest BCUT2D eigenvalue weighted by Crippen LogP contribution is 2.21. The average Bonchev–Trinajstić information content (AvgIpc) is 3.22. The highest BCUT2D eigenvalue weighted by molar-refractivity contribution is 7.80. The standard InChI is InChI=1S/C20H20N4O4S/c1-12-15(19(25)27-3)8-5-9-16(12)22-20(29)21-11-17-23-18(24-28-17)13-6-4-7-14(10-13)26-2/h4-10H,11H2,1-3H3,(H2,21,22,29). The number of nitrogens with zero attached hydrogens (tertiary/aromatic N) is 2. The van der Waals surface area contributed by atoms with Crippen LogP contribution in [0.5, 0.6) is 5.75 Å². The van der Waals surface area contributed by atoms with Gasteiger partial charge in [0.1, 0.15) is 5.75 Å². The molecular weight excluding hydrogens is 392 g/mol. The molecule has 1 aromatic heterocycles. The number of carbonyl (C=O) groups excluding carboxylic acids is 1. The molecule has 0 spiro atoms. The molecule has 8 nitrogen and oxygen atoms in total. The fourth-order valence-electron chi connectivity index (χ4n) is 2.63. The summed E-state index contributed by atoms with van der Waals surface area (Å²) in [6.45, 7) is 2.06. The van der Waals surface area contributed by atoms with Gasteiger partial charge >= 0.3 is 5.97 Å². The summed E-state index contributed by atoms with van der Waals surface area (Å²) in [4.78, 5) is 16.2. The van der Waals surface area contributed by atoms with Gasteiger partial charge in [-0.05, 0) is 49.0 Å². The molecule has 29 heavy (non-hydrogen) atoms. The lowest BCUT2D eigenvalue weighted by atomic mass is 10.1. The minimum Gasteiger partial charge on any atom is -0.497 e. The second kappa shape index (κ2) is 9.16. The predicted molar refractivity (Wildman–Crippen MR) is 112 cm³/mol. The Hall–Kier alpha value is -3.46. The maximum absolute atomic E-state index is 11.8. The molecule has 0 unspecified atom stereocenters. The van der Waals surface area contributed by atoms with Gasteiger partial charge in [-0.25, -0.2) is 4.79 Å². The van der Waals surface area contributed by atoms with Crippen LogP contribution in [0.1, 0.15) is 21.8 Å². The van der Waals surface area contributed by atoms with Crippen LogP contribution in [0.15, 0.2) is 47.0 Å². The number of benzene rings is 2. The van der Waals surface area contributed by atoms with Crippen molar-refractivity contribution in [1.29, 1.82) is 0 Å². The van der Waals surface area contributed by atoms with Gasteiger partial charge in [0, 0.05) is 11.3 Å². The molecule has 2 N–H and O–H groups in total. The smallest absolute Gasteiger partial charge is 0.338 e. The van der Waals surface area contributed by atoms with Crippen molar-refractivity contribution in [2.45, 2.75) is 13.5 Å². The van der Waals surface area contributed by atoms with Crippen LogP contribution in [0, 0.1) is 6.92 Å². The first-order chi connectivity index (χ1) is 14.0. The Morgan fingerprint density at radius 1 is 1.21 bits per heavy atom. The van der Waals surface area contributed by atoms with Gasteiger partial charge in [0.05, 0.1) is 26.3 Å². The normalized spacial score (nSPS) is 10.3. The largest absolute Gasteiger partial charge is 0.497 e. The quantitative estimate of drug-likeness (QED) is 0.466. The molecule has 0 amide bonds. The number of thiocarbonyl (C=S) groups is 1. The highest BCUT2D eigenvalue weighted by Gasteiger charge is 2.13. The second-order valence-corrected chi connectivity index (χ2v) is 6.43. The molecule has 0 saturated carbocycles. The van der Waals surface area contributed by atoms with Crippen LogP contribution in [0.2, 0.25) is 0 Å². The van der Waals surface area contributed by atoms with Crippen LogP contribution in [-0.2, 0) is 11.3 Å². The number of esters is 1. The Morgan fingerprint density at radius 2 is 2.00 bits per heavy atom. The van der Waals surface area contributed by atoms with Crippen molar-refractivity contribution in [2.24, 2.45) is 0 Å². The second-order valence-electron chi connectivity index (χ2n) is 6.02. The van der Waals surface area contributed by atoms with Crippen LogP contribution in [0.25, 0.3) is 11.4 Å². The number of aromatic nitrogens is 2. The van der Waals surface area contributed by atoms with Crippen molar-refractivity contribution < 1.29 is 18.8 Å². The summed E-state index contributed by atoms with van der Waals surface area (Å²) in [7, 11) is 2.94. The van der Waals surface area contributed by atoms with Crippen molar-refractivity contribution in [3.8, 4) is 17.1 Å². The highest BCUT2D eigenvalue weighted by atomic mass is 32.1. The van der Waals surface area contributed by atoms with Crippen molar-refractivity contribution in [3.63, 3.8) is 0 Å². The van der Waals surface area contributed by atoms with E-state index in [4.69, 9.17) is 26.2 Å². The molecule has 0 radical (unpaired) electrons. The summed E-state index contributed by atoms with van der Waals surface area (Å²) in [6, 6.07) is 12.7. The van der Waals surface area contributed by atoms with Gasteiger partial charge in [-0.1, -0.05) is 23.4 Å². The van der Waals surface area contributed by atoms with Gasteiger partial charge in [0.15, 0.2) is 5.11 Å². The predicted octanol–water partition coefficient (Wildman–Crippen LogP) is 3.33. The molecule has 3 aromatic rings. The molecule has 3 rings (SSSR count). The van der Waals surface area contributed by atoms with E-state index in [1.165, 1.54) is 7.11 Å². The Morgan fingerprint density at radius 3 is 2.76 bits per heavy atom. The molecular formula is C20H20N4O4S. The summed E-state index contributed by atoms with van der Waals surface area (Å²) in [5.41, 5.74) is 2.70. The summed E-state index contributed by atoms with van der Waals surface area (Å²) >= 11 is 5.32. The van der Waals surface area contributed by atoms with Gasteiger partial charge in [0.25, 0.3) is 0 Å². The van der Waals surface area contributed by atoms with Crippen LogP contribution < -0.4 is 15.4 Å². The monoisotopic (exact) mass is 412 g/mol. The molecule has 9 heteroatoms. The van der Waals surface area contributed by atoms with E-state index in [0.717, 1.165) is 11.1 Å².